The molecule has 0 aromatic heterocycles. The predicted octanol–water partition coefficient (Wildman–Crippen LogP) is -0.786. The Balaban J connectivity index is 1.46. The molecule has 2 aliphatic heterocycles. The first-order valence-corrected chi connectivity index (χ1v) is 8.90. The number of aliphatic hydroxyl groups is 4. The van der Waals surface area contributed by atoms with Crippen LogP contribution in [0.5, 0.6) is 0 Å². The Hall–Kier alpha value is -1.75. The first kappa shape index (κ1) is 20.0. The van der Waals surface area contributed by atoms with Gasteiger partial charge in [-0.25, -0.2) is 4.79 Å². The van der Waals surface area contributed by atoms with Crippen LogP contribution in [0.2, 0.25) is 0 Å². The van der Waals surface area contributed by atoms with Crippen LogP contribution in [0.25, 0.3) is 0 Å². The molecule has 1 aromatic carbocycles. The van der Waals surface area contributed by atoms with E-state index in [0.29, 0.717) is 13.0 Å². The first-order chi connectivity index (χ1) is 13.0. The fraction of sp³-hybridized carbons (Fsp3) is 0.611. The predicted molar refractivity (Wildman–Crippen MR) is 91.5 cm³/mol. The zero-order valence-corrected chi connectivity index (χ0v) is 14.8. The molecule has 4 N–H and O–H groups in total. The van der Waals surface area contributed by atoms with Gasteiger partial charge in [0.05, 0.1) is 25.4 Å². The van der Waals surface area contributed by atoms with E-state index in [1.54, 1.807) is 0 Å². The number of carbonyl (C=O) groups is 1. The average molecular weight is 383 g/mol. The van der Waals surface area contributed by atoms with Crippen LogP contribution in [0.1, 0.15) is 12.0 Å². The highest BCUT2D eigenvalue weighted by atomic mass is 16.7. The van der Waals surface area contributed by atoms with Crippen molar-refractivity contribution < 1.29 is 39.4 Å². The van der Waals surface area contributed by atoms with Gasteiger partial charge in [0.25, 0.3) is 0 Å². The van der Waals surface area contributed by atoms with Gasteiger partial charge in [-0.15, -0.1) is 0 Å². The number of hydrogen-bond acceptors (Lipinski definition) is 8. The van der Waals surface area contributed by atoms with Crippen molar-refractivity contribution >= 4 is 6.09 Å². The number of aliphatic hydroxyl groups excluding tert-OH is 4. The summed E-state index contributed by atoms with van der Waals surface area (Å²) in [6.07, 6.45) is -7.03. The Morgan fingerprint density at radius 1 is 1.11 bits per heavy atom. The van der Waals surface area contributed by atoms with Gasteiger partial charge in [-0.3, -0.25) is 0 Å². The van der Waals surface area contributed by atoms with Crippen LogP contribution in [0.15, 0.2) is 30.3 Å². The van der Waals surface area contributed by atoms with Crippen molar-refractivity contribution in [1.82, 2.24) is 4.90 Å². The van der Waals surface area contributed by atoms with E-state index >= 15 is 0 Å². The van der Waals surface area contributed by atoms with Crippen molar-refractivity contribution in [3.05, 3.63) is 35.9 Å². The highest BCUT2D eigenvalue weighted by Gasteiger charge is 2.41. The number of benzene rings is 1. The Morgan fingerprint density at radius 3 is 2.56 bits per heavy atom. The van der Waals surface area contributed by atoms with Gasteiger partial charge in [0.15, 0.2) is 6.29 Å². The second-order valence-corrected chi connectivity index (χ2v) is 6.77. The molecule has 0 saturated carbocycles. The third kappa shape index (κ3) is 4.95. The molecule has 2 saturated heterocycles. The molecular formula is C18H25NO8. The Morgan fingerprint density at radius 2 is 1.85 bits per heavy atom. The molecular weight excluding hydrogens is 358 g/mol. The number of carbonyl (C=O) groups excluding carboxylic acids is 1. The number of β-amino-alcohol motifs (C(OH)–C–C–N with tert-alkyl or cyclic N) is 1. The second-order valence-electron chi connectivity index (χ2n) is 6.77. The lowest BCUT2D eigenvalue weighted by molar-refractivity contribution is -0.292. The molecule has 2 fully saturated rings. The number of nitrogens with zero attached hydrogens (tertiary/aromatic N) is 1. The minimum absolute atomic E-state index is 0.0201. The first-order valence-electron chi connectivity index (χ1n) is 8.90. The fourth-order valence-electron chi connectivity index (χ4n) is 3.12. The van der Waals surface area contributed by atoms with E-state index in [-0.39, 0.29) is 19.8 Å². The van der Waals surface area contributed by atoms with E-state index in [4.69, 9.17) is 14.2 Å². The van der Waals surface area contributed by atoms with E-state index in [1.165, 1.54) is 4.90 Å². The van der Waals surface area contributed by atoms with Crippen LogP contribution in [-0.4, -0.2) is 87.9 Å². The van der Waals surface area contributed by atoms with Gasteiger partial charge < -0.3 is 39.5 Å². The van der Waals surface area contributed by atoms with E-state index in [0.717, 1.165) is 5.56 Å². The van der Waals surface area contributed by atoms with Gasteiger partial charge in [0.2, 0.25) is 0 Å². The maximum absolute atomic E-state index is 12.2. The smallest absolute Gasteiger partial charge is 0.410 e. The van der Waals surface area contributed by atoms with Crippen molar-refractivity contribution in [2.45, 2.75) is 49.8 Å². The Labute approximate surface area is 156 Å². The fourth-order valence-corrected chi connectivity index (χ4v) is 3.12. The molecule has 0 unspecified atom stereocenters. The molecule has 0 spiro atoms. The van der Waals surface area contributed by atoms with E-state index in [2.05, 4.69) is 0 Å². The van der Waals surface area contributed by atoms with E-state index in [1.807, 2.05) is 30.3 Å². The molecule has 27 heavy (non-hydrogen) atoms. The highest BCUT2D eigenvalue weighted by molar-refractivity contribution is 5.67. The standard InChI is InChI=1S/C18H25NO8/c20-12-8-19(18(24)26-9-11-4-2-1-3-5-11)7-6-14(12)27-17-16(23)15(22)13(21)10-25-17/h1-5,12-17,20-23H,6-10H2/t12-,13-,14-,15+,16-,17+/m1/s1. The second kappa shape index (κ2) is 8.96. The van der Waals surface area contributed by atoms with Crippen molar-refractivity contribution in [3.63, 3.8) is 0 Å². The van der Waals surface area contributed by atoms with Gasteiger partial charge >= 0.3 is 6.09 Å². The lowest BCUT2D eigenvalue weighted by Crippen LogP contribution is -2.57. The molecule has 1 amide bonds. The van der Waals surface area contributed by atoms with Crippen molar-refractivity contribution in [2.75, 3.05) is 19.7 Å². The number of rotatable bonds is 4. The number of hydrogen-bond donors (Lipinski definition) is 4. The minimum Gasteiger partial charge on any atom is -0.445 e. The summed E-state index contributed by atoms with van der Waals surface area (Å²) in [5.41, 5.74) is 0.869. The van der Waals surface area contributed by atoms with Gasteiger partial charge in [-0.2, -0.15) is 0 Å². The number of piperidine rings is 1. The summed E-state index contributed by atoms with van der Waals surface area (Å²) >= 11 is 0. The monoisotopic (exact) mass is 383 g/mol. The molecule has 2 aliphatic rings. The van der Waals surface area contributed by atoms with Crippen LogP contribution in [0, 0.1) is 0 Å². The van der Waals surface area contributed by atoms with Crippen LogP contribution in [0.4, 0.5) is 4.79 Å². The summed E-state index contributed by atoms with van der Waals surface area (Å²) in [7, 11) is 0. The average Bonchev–Trinajstić information content (AvgIpc) is 2.68. The zero-order valence-electron chi connectivity index (χ0n) is 14.8. The third-order valence-electron chi connectivity index (χ3n) is 4.75. The molecule has 0 aliphatic carbocycles. The summed E-state index contributed by atoms with van der Waals surface area (Å²) in [5.74, 6) is 0. The number of ether oxygens (including phenoxy) is 3. The topological polar surface area (TPSA) is 129 Å². The molecule has 0 radical (unpaired) electrons. The molecule has 3 rings (SSSR count). The summed E-state index contributed by atoms with van der Waals surface area (Å²) in [4.78, 5) is 13.6. The zero-order chi connectivity index (χ0) is 19.4. The van der Waals surface area contributed by atoms with Crippen molar-refractivity contribution in [1.29, 1.82) is 0 Å². The summed E-state index contributed by atoms with van der Waals surface area (Å²) in [5, 5.41) is 39.3. The number of amides is 1. The molecule has 2 heterocycles. The van der Waals surface area contributed by atoms with Gasteiger partial charge in [-0.05, 0) is 12.0 Å². The van der Waals surface area contributed by atoms with Crippen LogP contribution < -0.4 is 0 Å². The van der Waals surface area contributed by atoms with Crippen molar-refractivity contribution in [3.8, 4) is 0 Å². The normalized spacial score (nSPS) is 34.3. The highest BCUT2D eigenvalue weighted by Crippen LogP contribution is 2.23. The third-order valence-corrected chi connectivity index (χ3v) is 4.75. The Bertz CT molecular complexity index is 615. The van der Waals surface area contributed by atoms with Crippen LogP contribution in [-0.2, 0) is 20.8 Å². The molecule has 9 nitrogen and oxygen atoms in total. The summed E-state index contributed by atoms with van der Waals surface area (Å²) in [6, 6.07) is 9.28. The molecule has 0 bridgehead atoms. The number of likely N-dealkylation sites (tertiary alicyclic amines) is 1. The summed E-state index contributed by atoms with van der Waals surface area (Å²) in [6.45, 7) is 0.299. The largest absolute Gasteiger partial charge is 0.445 e. The van der Waals surface area contributed by atoms with Crippen LogP contribution in [0.3, 0.4) is 0 Å². The SMILES string of the molecule is O=C(OCc1ccccc1)N1CC[C@@H](O[C@@H]2OC[C@@H](O)[C@H](O)[C@H]2O)[C@H](O)C1. The van der Waals surface area contributed by atoms with E-state index < -0.39 is 42.9 Å². The minimum atomic E-state index is -1.42. The molecule has 9 heteroatoms. The van der Waals surface area contributed by atoms with E-state index in [9.17, 15) is 25.2 Å². The van der Waals surface area contributed by atoms with Crippen LogP contribution >= 0.6 is 0 Å². The quantitative estimate of drug-likeness (QED) is 0.533. The molecule has 150 valence electrons. The molecule has 1 aromatic rings. The summed E-state index contributed by atoms with van der Waals surface area (Å²) < 4.78 is 16.0. The van der Waals surface area contributed by atoms with Gasteiger partial charge in [0.1, 0.15) is 24.9 Å². The van der Waals surface area contributed by atoms with Gasteiger partial charge in [-0.1, -0.05) is 30.3 Å². The maximum atomic E-state index is 12.2. The lowest BCUT2D eigenvalue weighted by atomic mass is 10.0. The van der Waals surface area contributed by atoms with Gasteiger partial charge in [0, 0.05) is 6.54 Å². The van der Waals surface area contributed by atoms with Crippen molar-refractivity contribution in [2.24, 2.45) is 0 Å². The maximum Gasteiger partial charge on any atom is 0.410 e. The lowest BCUT2D eigenvalue weighted by Gasteiger charge is -2.40. The Kier molecular flexibility index (Phi) is 6.64. The molecule has 6 atom stereocenters.